The molecule has 0 aromatic carbocycles. The number of aliphatic hydroxyl groups excluding tert-OH is 2. The van der Waals surface area contributed by atoms with Gasteiger partial charge in [-0.15, -0.1) is 4.86 Å². The van der Waals surface area contributed by atoms with Crippen LogP contribution in [-0.4, -0.2) is 74.2 Å². The van der Waals surface area contributed by atoms with Crippen LogP contribution in [0.2, 0.25) is 0 Å². The SMILES string of the molecule is Nc1nc2c(ncn2[C@@H]2O[C@H](COP(=O)(O)OP(=O)(O)NP(=O)(O)O)[C@H](O)C2O)c(=O)[nH]1. The Morgan fingerprint density at radius 1 is 1.22 bits per heavy atom. The number of hydrogen-bond donors (Lipinski definition) is 9. The Morgan fingerprint density at radius 3 is 2.50 bits per heavy atom. The monoisotopic (exact) mass is 522 g/mol. The largest absolute Gasteiger partial charge is 0.480 e. The van der Waals surface area contributed by atoms with Gasteiger partial charge in [-0.25, -0.2) is 18.7 Å². The van der Waals surface area contributed by atoms with E-state index in [4.69, 9.17) is 20.3 Å². The third-order valence-electron chi connectivity index (χ3n) is 3.93. The van der Waals surface area contributed by atoms with Crippen LogP contribution in [0.1, 0.15) is 6.23 Å². The number of phosphoric ester groups is 1. The molecule has 3 rings (SSSR count). The van der Waals surface area contributed by atoms with Crippen molar-refractivity contribution in [2.75, 3.05) is 12.3 Å². The van der Waals surface area contributed by atoms with E-state index in [1.54, 1.807) is 0 Å². The maximum atomic E-state index is 11.9. The average molecular weight is 522 g/mol. The molecule has 180 valence electrons. The molecule has 0 amide bonds. The van der Waals surface area contributed by atoms with Crippen LogP contribution in [0, 0.1) is 0 Å². The summed E-state index contributed by atoms with van der Waals surface area (Å²) in [6.07, 6.45) is -5.26. The number of anilines is 1. The van der Waals surface area contributed by atoms with Crippen molar-refractivity contribution >= 4 is 40.4 Å². The summed E-state index contributed by atoms with van der Waals surface area (Å²) in [4.78, 5) is 58.5. The summed E-state index contributed by atoms with van der Waals surface area (Å²) < 4.78 is 48.7. The van der Waals surface area contributed by atoms with Gasteiger partial charge in [0.05, 0.1) is 12.9 Å². The molecule has 0 bridgehead atoms. The Morgan fingerprint density at radius 2 is 1.88 bits per heavy atom. The van der Waals surface area contributed by atoms with Crippen LogP contribution < -0.4 is 16.2 Å². The highest BCUT2D eigenvalue weighted by molar-refractivity contribution is 7.70. The summed E-state index contributed by atoms with van der Waals surface area (Å²) >= 11 is 0. The molecular formula is C10H17N6O13P3. The van der Waals surface area contributed by atoms with E-state index in [1.807, 2.05) is 0 Å². The molecule has 3 heterocycles. The lowest BCUT2D eigenvalue weighted by Gasteiger charge is -2.19. The minimum absolute atomic E-state index is 0.107. The molecule has 10 N–H and O–H groups in total. The summed E-state index contributed by atoms with van der Waals surface area (Å²) in [5.41, 5.74) is 4.52. The maximum absolute atomic E-state index is 11.9. The van der Waals surface area contributed by atoms with Crippen LogP contribution in [-0.2, 0) is 27.3 Å². The highest BCUT2D eigenvalue weighted by Crippen LogP contribution is 2.61. The zero-order valence-electron chi connectivity index (χ0n) is 15.4. The topological polar surface area (TPSA) is 302 Å². The standard InChI is InChI=1S/C10H17N6O13P3/c11-10-13-7-4(8(19)14-10)12-2-16(7)9-6(18)5(17)3(28-9)1-27-32(25,26)29-31(23,24)15-30(20,21)22/h2-3,5-6,9,17-18H,1H2,(H,25,26)(H3,11,13,14,19)(H4,15,20,21,22,23,24)/t3-,5+,6?,9-/m1/s1. The molecule has 19 nitrogen and oxygen atoms in total. The summed E-state index contributed by atoms with van der Waals surface area (Å²) in [7, 11) is -16.2. The number of ether oxygens (including phenoxy) is 1. The number of hydrogen-bond acceptors (Lipinski definition) is 12. The molecule has 3 unspecified atom stereocenters. The lowest BCUT2D eigenvalue weighted by molar-refractivity contribution is -0.0501. The first kappa shape index (κ1) is 25.1. The van der Waals surface area contributed by atoms with E-state index in [-0.39, 0.29) is 17.1 Å². The number of rotatable bonds is 8. The van der Waals surface area contributed by atoms with Gasteiger partial charge in [0, 0.05) is 0 Å². The fourth-order valence-corrected chi connectivity index (χ4v) is 6.17. The zero-order valence-corrected chi connectivity index (χ0v) is 18.1. The predicted octanol–water partition coefficient (Wildman–Crippen LogP) is -2.76. The van der Waals surface area contributed by atoms with Crippen molar-refractivity contribution in [3.8, 4) is 0 Å². The summed E-state index contributed by atoms with van der Waals surface area (Å²) in [6, 6.07) is 0. The van der Waals surface area contributed by atoms with Gasteiger partial charge in [-0.05, 0) is 0 Å². The van der Waals surface area contributed by atoms with Crippen molar-refractivity contribution in [2.24, 2.45) is 0 Å². The van der Waals surface area contributed by atoms with Crippen LogP contribution in [0.4, 0.5) is 5.95 Å². The minimum Gasteiger partial charge on any atom is -0.387 e. The third-order valence-corrected chi connectivity index (χ3v) is 8.17. The number of nitrogens with zero attached hydrogens (tertiary/aromatic N) is 3. The van der Waals surface area contributed by atoms with Gasteiger partial charge in [-0.1, -0.05) is 0 Å². The number of phosphoric acid groups is 1. The Hall–Kier alpha value is -1.56. The molecule has 0 saturated carbocycles. The number of aromatic amines is 1. The molecular weight excluding hydrogens is 505 g/mol. The quantitative estimate of drug-likeness (QED) is 0.159. The smallest absolute Gasteiger partial charge is 0.387 e. The van der Waals surface area contributed by atoms with Crippen LogP contribution >= 0.6 is 23.3 Å². The van der Waals surface area contributed by atoms with Gasteiger partial charge in [0.25, 0.3) is 5.56 Å². The van der Waals surface area contributed by atoms with Crippen molar-refractivity contribution in [1.29, 1.82) is 0 Å². The number of fused-ring (bicyclic) bond motifs is 1. The first-order valence-corrected chi connectivity index (χ1v) is 12.9. The fraction of sp³-hybridized carbons (Fsp3) is 0.500. The van der Waals surface area contributed by atoms with Crippen LogP contribution in [0.3, 0.4) is 0 Å². The van der Waals surface area contributed by atoms with Crippen LogP contribution in [0.15, 0.2) is 11.1 Å². The van der Waals surface area contributed by atoms with Gasteiger partial charge in [-0.2, -0.15) is 9.29 Å². The Kier molecular flexibility index (Phi) is 6.78. The Balaban J connectivity index is 1.72. The Bertz CT molecular complexity index is 1210. The molecule has 1 fully saturated rings. The van der Waals surface area contributed by atoms with Crippen LogP contribution in [0.25, 0.3) is 11.2 Å². The van der Waals surface area contributed by atoms with E-state index < -0.39 is 60.0 Å². The Labute approximate surface area is 176 Å². The van der Waals surface area contributed by atoms with Crippen molar-refractivity contribution in [3.05, 3.63) is 16.7 Å². The first-order chi connectivity index (χ1) is 14.6. The van der Waals surface area contributed by atoms with Crippen molar-refractivity contribution in [2.45, 2.75) is 24.5 Å². The maximum Gasteiger partial charge on any atom is 0.480 e. The third kappa shape index (κ3) is 5.67. The number of nitrogens with one attached hydrogen (secondary N) is 2. The van der Waals surface area contributed by atoms with Gasteiger partial charge in [0.1, 0.15) is 18.3 Å². The molecule has 2 aromatic heterocycles. The van der Waals surface area contributed by atoms with Crippen molar-refractivity contribution in [3.63, 3.8) is 0 Å². The summed E-state index contributed by atoms with van der Waals surface area (Å²) in [6.45, 7) is -0.985. The molecule has 1 saturated heterocycles. The minimum atomic E-state index is -5.48. The highest BCUT2D eigenvalue weighted by atomic mass is 31.3. The second-order valence-electron chi connectivity index (χ2n) is 6.33. The number of nitrogens with two attached hydrogens (primary N) is 1. The summed E-state index contributed by atoms with van der Waals surface area (Å²) in [5.74, 6) is -0.270. The van der Waals surface area contributed by atoms with E-state index in [1.165, 1.54) is 0 Å². The highest BCUT2D eigenvalue weighted by Gasteiger charge is 2.46. The number of nitrogen functional groups attached to an aromatic ring is 1. The number of H-pyrrole nitrogens is 1. The van der Waals surface area contributed by atoms with E-state index >= 15 is 0 Å². The van der Waals surface area contributed by atoms with Crippen molar-refractivity contribution < 1.29 is 57.1 Å². The summed E-state index contributed by atoms with van der Waals surface area (Å²) in [5, 5.41) is 20.4. The van der Waals surface area contributed by atoms with E-state index in [0.29, 0.717) is 0 Å². The van der Waals surface area contributed by atoms with E-state index in [0.717, 1.165) is 15.8 Å². The molecule has 1 aliphatic heterocycles. The first-order valence-electron chi connectivity index (χ1n) is 8.19. The molecule has 22 heteroatoms. The van der Waals surface area contributed by atoms with Gasteiger partial charge in [0.2, 0.25) is 5.95 Å². The number of imidazole rings is 1. The molecule has 32 heavy (non-hydrogen) atoms. The molecule has 0 spiro atoms. The predicted molar refractivity (Wildman–Crippen MR) is 100 cm³/mol. The molecule has 1 aliphatic rings. The normalized spacial score (nSPS) is 27.9. The van der Waals surface area contributed by atoms with Crippen LogP contribution in [0.5, 0.6) is 0 Å². The number of aromatic nitrogens is 4. The van der Waals surface area contributed by atoms with E-state index in [9.17, 15) is 38.5 Å². The second kappa shape index (κ2) is 8.66. The average Bonchev–Trinajstić information content (AvgIpc) is 3.12. The second-order valence-corrected chi connectivity index (χ2v) is 11.1. The fourth-order valence-electron chi connectivity index (χ4n) is 2.74. The van der Waals surface area contributed by atoms with Gasteiger partial charge >= 0.3 is 23.3 Å². The molecule has 2 aromatic rings. The molecule has 6 atom stereocenters. The van der Waals surface area contributed by atoms with Crippen molar-refractivity contribution in [1.82, 2.24) is 24.4 Å². The van der Waals surface area contributed by atoms with Gasteiger partial charge in [-0.3, -0.25) is 18.9 Å². The molecule has 0 aliphatic carbocycles. The van der Waals surface area contributed by atoms with Gasteiger partial charge < -0.3 is 40.3 Å². The lowest BCUT2D eigenvalue weighted by Crippen LogP contribution is -2.33. The van der Waals surface area contributed by atoms with E-state index in [2.05, 4.69) is 23.8 Å². The number of aliphatic hydroxyl groups is 2. The molecule has 0 radical (unpaired) electrons. The zero-order chi connectivity index (χ0) is 24.1. The van der Waals surface area contributed by atoms with Gasteiger partial charge in [0.15, 0.2) is 17.4 Å². The lowest BCUT2D eigenvalue weighted by atomic mass is 10.1.